The van der Waals surface area contributed by atoms with Crippen molar-refractivity contribution in [2.24, 2.45) is 0 Å². The third-order valence-electron chi connectivity index (χ3n) is 7.78. The lowest BCUT2D eigenvalue weighted by atomic mass is 9.50. The number of rotatable bonds is 16. The zero-order valence-electron chi connectivity index (χ0n) is 26.3. The van der Waals surface area contributed by atoms with Crippen LogP contribution < -0.4 is 18.9 Å². The fraction of sp³-hybridized carbons (Fsp3) is 0.444. The van der Waals surface area contributed by atoms with Crippen molar-refractivity contribution in [1.82, 2.24) is 19.9 Å². The standard InChI is InChI=1S/C36H44N4O4/c1-5-19-41-29-23-27(37-35(39-29)43-21-7-3)33-31(25-15-11-9-12-16-25)34(32(33)26-17-13-10-14-18-26)28-24-30(42-20-6-2)40-36(38-28)44-22-8-4/h9-18,23-24,31-34H,5-8,19-22H2,1-4H3/t31-,32-,33-,34+. The highest BCUT2D eigenvalue weighted by molar-refractivity contribution is 5.47. The Labute approximate surface area is 261 Å². The van der Waals surface area contributed by atoms with E-state index in [9.17, 15) is 0 Å². The summed E-state index contributed by atoms with van der Waals surface area (Å²) in [6.45, 7) is 10.5. The summed E-state index contributed by atoms with van der Waals surface area (Å²) in [6.07, 6.45) is 3.49. The Bertz CT molecular complexity index is 1280. The maximum atomic E-state index is 6.05. The van der Waals surface area contributed by atoms with E-state index in [0.29, 0.717) is 50.2 Å². The molecule has 0 saturated heterocycles. The molecule has 2 aromatic heterocycles. The molecule has 1 saturated carbocycles. The number of hydrogen-bond acceptors (Lipinski definition) is 8. The molecule has 232 valence electrons. The Hall–Kier alpha value is -4.20. The van der Waals surface area contributed by atoms with Crippen molar-refractivity contribution in [2.75, 3.05) is 26.4 Å². The Morgan fingerprint density at radius 2 is 0.818 bits per heavy atom. The Morgan fingerprint density at radius 1 is 0.455 bits per heavy atom. The normalized spacial score (nSPS) is 19.2. The van der Waals surface area contributed by atoms with E-state index in [4.69, 9.17) is 28.9 Å². The Balaban J connectivity index is 1.67. The quantitative estimate of drug-likeness (QED) is 0.129. The molecule has 5 rings (SSSR count). The predicted molar refractivity (Wildman–Crippen MR) is 171 cm³/mol. The third kappa shape index (κ3) is 7.29. The van der Waals surface area contributed by atoms with Gasteiger partial charge in [0, 0.05) is 35.8 Å². The summed E-state index contributed by atoms with van der Waals surface area (Å²) in [5.74, 6) is 1.21. The van der Waals surface area contributed by atoms with Crippen LogP contribution >= 0.6 is 0 Å². The van der Waals surface area contributed by atoms with Gasteiger partial charge in [0.15, 0.2) is 0 Å². The van der Waals surface area contributed by atoms with Gasteiger partial charge in [-0.15, -0.1) is 0 Å². The van der Waals surface area contributed by atoms with Gasteiger partial charge in [-0.2, -0.15) is 19.9 Å². The number of nitrogens with zero attached hydrogens (tertiary/aromatic N) is 4. The number of hydrogen-bond donors (Lipinski definition) is 0. The molecule has 0 aliphatic heterocycles. The van der Waals surface area contributed by atoms with Crippen LogP contribution in [-0.2, 0) is 0 Å². The van der Waals surface area contributed by atoms with E-state index in [1.807, 2.05) is 12.1 Å². The summed E-state index contributed by atoms with van der Waals surface area (Å²) in [5.41, 5.74) is 4.22. The Kier molecular flexibility index (Phi) is 11.0. The molecule has 0 spiro atoms. The maximum Gasteiger partial charge on any atom is 0.319 e. The molecule has 0 unspecified atom stereocenters. The van der Waals surface area contributed by atoms with Gasteiger partial charge >= 0.3 is 12.0 Å². The molecule has 2 heterocycles. The van der Waals surface area contributed by atoms with E-state index in [1.165, 1.54) is 11.1 Å². The molecule has 1 fully saturated rings. The van der Waals surface area contributed by atoms with Crippen molar-refractivity contribution >= 4 is 0 Å². The van der Waals surface area contributed by atoms with Gasteiger partial charge in [0.2, 0.25) is 11.8 Å². The van der Waals surface area contributed by atoms with Crippen molar-refractivity contribution in [3.05, 3.63) is 95.3 Å². The molecule has 1 aliphatic rings. The number of aromatic nitrogens is 4. The summed E-state index contributed by atoms with van der Waals surface area (Å²) in [4.78, 5) is 19.2. The molecule has 0 N–H and O–H groups in total. The second kappa shape index (κ2) is 15.5. The molecular formula is C36H44N4O4. The van der Waals surface area contributed by atoms with E-state index in [-0.39, 0.29) is 23.7 Å². The summed E-state index contributed by atoms with van der Waals surface area (Å²) in [7, 11) is 0. The first-order chi connectivity index (χ1) is 21.7. The van der Waals surface area contributed by atoms with Gasteiger partial charge in [-0.25, -0.2) is 0 Å². The molecule has 0 amide bonds. The fourth-order valence-electron chi connectivity index (χ4n) is 5.92. The van der Waals surface area contributed by atoms with Gasteiger partial charge < -0.3 is 18.9 Å². The molecule has 44 heavy (non-hydrogen) atoms. The molecule has 8 nitrogen and oxygen atoms in total. The smallest absolute Gasteiger partial charge is 0.319 e. The van der Waals surface area contributed by atoms with Crippen LogP contribution in [0.5, 0.6) is 23.8 Å². The van der Waals surface area contributed by atoms with Gasteiger partial charge in [0.05, 0.1) is 37.8 Å². The molecule has 0 radical (unpaired) electrons. The van der Waals surface area contributed by atoms with Crippen LogP contribution in [0.1, 0.15) is 99.6 Å². The average Bonchev–Trinajstić information content (AvgIpc) is 3.05. The summed E-state index contributed by atoms with van der Waals surface area (Å²) >= 11 is 0. The van der Waals surface area contributed by atoms with Crippen molar-refractivity contribution in [1.29, 1.82) is 0 Å². The van der Waals surface area contributed by atoms with Gasteiger partial charge in [-0.1, -0.05) is 88.4 Å². The van der Waals surface area contributed by atoms with Crippen molar-refractivity contribution in [3.8, 4) is 23.8 Å². The van der Waals surface area contributed by atoms with Crippen LogP contribution in [0.4, 0.5) is 0 Å². The van der Waals surface area contributed by atoms with E-state index in [0.717, 1.165) is 37.1 Å². The number of benzene rings is 2. The molecule has 2 aromatic carbocycles. The van der Waals surface area contributed by atoms with Crippen LogP contribution in [0, 0.1) is 0 Å². The zero-order valence-corrected chi connectivity index (χ0v) is 26.3. The first-order valence-corrected chi connectivity index (χ1v) is 16.1. The molecule has 8 heteroatoms. The second-order valence-corrected chi connectivity index (χ2v) is 11.1. The lowest BCUT2D eigenvalue weighted by Gasteiger charge is -2.52. The SMILES string of the molecule is CCCOc1cc([C@H]2[C@H](c3ccccc3)[C@@H](c3cc(OCCC)nc(OCCC)n3)[C@H]2c2ccccc2)nc(OCCC)n1. The molecule has 4 aromatic rings. The first-order valence-electron chi connectivity index (χ1n) is 16.1. The maximum absolute atomic E-state index is 6.05. The lowest BCUT2D eigenvalue weighted by Crippen LogP contribution is -2.41. The van der Waals surface area contributed by atoms with E-state index < -0.39 is 0 Å². The van der Waals surface area contributed by atoms with E-state index in [2.05, 4.69) is 98.3 Å². The van der Waals surface area contributed by atoms with Crippen LogP contribution in [0.3, 0.4) is 0 Å². The average molecular weight is 597 g/mol. The van der Waals surface area contributed by atoms with Crippen LogP contribution in [0.15, 0.2) is 72.8 Å². The topological polar surface area (TPSA) is 88.5 Å². The first kappa shape index (κ1) is 31.2. The predicted octanol–water partition coefficient (Wildman–Crippen LogP) is 7.87. The van der Waals surface area contributed by atoms with Crippen molar-refractivity contribution in [2.45, 2.75) is 77.0 Å². The minimum Gasteiger partial charge on any atom is -0.478 e. The molecule has 1 aliphatic carbocycles. The van der Waals surface area contributed by atoms with Gasteiger partial charge in [-0.3, -0.25) is 0 Å². The minimum absolute atomic E-state index is 0.00994. The molecule has 0 bridgehead atoms. The third-order valence-corrected chi connectivity index (χ3v) is 7.78. The van der Waals surface area contributed by atoms with Gasteiger partial charge in [0.1, 0.15) is 0 Å². The highest BCUT2D eigenvalue weighted by Crippen LogP contribution is 2.66. The fourth-order valence-corrected chi connectivity index (χ4v) is 5.92. The second-order valence-electron chi connectivity index (χ2n) is 11.1. The largest absolute Gasteiger partial charge is 0.478 e. The van der Waals surface area contributed by atoms with E-state index in [1.54, 1.807) is 0 Å². The molecular weight excluding hydrogens is 552 g/mol. The highest BCUT2D eigenvalue weighted by atomic mass is 16.5. The lowest BCUT2D eigenvalue weighted by molar-refractivity contribution is 0.208. The zero-order chi connectivity index (χ0) is 30.7. The van der Waals surface area contributed by atoms with Crippen molar-refractivity contribution < 1.29 is 18.9 Å². The van der Waals surface area contributed by atoms with Gasteiger partial charge in [-0.05, 0) is 36.8 Å². The summed E-state index contributed by atoms with van der Waals surface area (Å²) in [6, 6.07) is 25.9. The highest BCUT2D eigenvalue weighted by Gasteiger charge is 2.54. The Morgan fingerprint density at radius 3 is 1.18 bits per heavy atom. The van der Waals surface area contributed by atoms with Crippen LogP contribution in [-0.4, -0.2) is 46.4 Å². The van der Waals surface area contributed by atoms with Crippen molar-refractivity contribution in [3.63, 3.8) is 0 Å². The van der Waals surface area contributed by atoms with Crippen LogP contribution in [0.2, 0.25) is 0 Å². The number of ether oxygens (including phenoxy) is 4. The molecule has 0 atom stereocenters. The minimum atomic E-state index is 0.00994. The van der Waals surface area contributed by atoms with E-state index >= 15 is 0 Å². The van der Waals surface area contributed by atoms with Crippen LogP contribution in [0.25, 0.3) is 0 Å². The summed E-state index contributed by atoms with van der Waals surface area (Å²) < 4.78 is 24.1. The monoisotopic (exact) mass is 596 g/mol. The summed E-state index contributed by atoms with van der Waals surface area (Å²) in [5, 5.41) is 0. The van der Waals surface area contributed by atoms with Gasteiger partial charge in [0.25, 0.3) is 0 Å².